The lowest BCUT2D eigenvalue weighted by Crippen LogP contribution is -2.24. The van der Waals surface area contributed by atoms with Crippen LogP contribution < -0.4 is 15.8 Å². The number of nitrogens with zero attached hydrogens (tertiary/aromatic N) is 1. The Labute approximate surface area is 113 Å². The Bertz CT molecular complexity index is 593. The Morgan fingerprint density at radius 2 is 2.21 bits per heavy atom. The first kappa shape index (κ1) is 12.2. The van der Waals surface area contributed by atoms with Gasteiger partial charge in [-0.25, -0.2) is 4.98 Å². The van der Waals surface area contributed by atoms with Gasteiger partial charge in [0.1, 0.15) is 11.6 Å². The lowest BCUT2D eigenvalue weighted by atomic mass is 10.1. The summed E-state index contributed by atoms with van der Waals surface area (Å²) in [5.41, 5.74) is 6.11. The average molecular weight is 257 g/mol. The van der Waals surface area contributed by atoms with Gasteiger partial charge in [0, 0.05) is 18.1 Å². The summed E-state index contributed by atoms with van der Waals surface area (Å²) in [7, 11) is 1.68. The summed E-state index contributed by atoms with van der Waals surface area (Å²) >= 11 is 0. The van der Waals surface area contributed by atoms with Crippen molar-refractivity contribution in [1.29, 1.82) is 0 Å². The number of aromatic nitrogens is 1. The zero-order valence-corrected chi connectivity index (χ0v) is 11.1. The molecule has 1 fully saturated rings. The van der Waals surface area contributed by atoms with Crippen LogP contribution >= 0.6 is 0 Å². The number of fused-ring (bicyclic) bond motifs is 1. The standard InChI is InChI=1S/C15H19N3O/c1-19-12-2-3-13-11(8-12)4-7-17-14(13)18-10-15(9-16)5-6-15/h2-4,7-8H,5-6,9-10,16H2,1H3,(H,17,18). The molecule has 0 spiro atoms. The van der Waals surface area contributed by atoms with Crippen LogP contribution in [0.25, 0.3) is 10.8 Å². The summed E-state index contributed by atoms with van der Waals surface area (Å²) in [5, 5.41) is 5.70. The third-order valence-electron chi connectivity index (χ3n) is 3.99. The molecule has 3 N–H and O–H groups in total. The monoisotopic (exact) mass is 257 g/mol. The molecule has 3 rings (SSSR count). The predicted molar refractivity (Wildman–Crippen MR) is 77.5 cm³/mol. The van der Waals surface area contributed by atoms with Crippen LogP contribution in [0.2, 0.25) is 0 Å². The predicted octanol–water partition coefficient (Wildman–Crippen LogP) is 2.39. The minimum absolute atomic E-state index is 0.302. The summed E-state index contributed by atoms with van der Waals surface area (Å²) in [6.07, 6.45) is 4.26. The third-order valence-corrected chi connectivity index (χ3v) is 3.99. The van der Waals surface area contributed by atoms with Crippen molar-refractivity contribution < 1.29 is 4.74 Å². The first-order chi connectivity index (χ1) is 9.26. The number of hydrogen-bond acceptors (Lipinski definition) is 4. The van der Waals surface area contributed by atoms with E-state index in [9.17, 15) is 0 Å². The van der Waals surface area contributed by atoms with Gasteiger partial charge in [-0.2, -0.15) is 0 Å². The number of methoxy groups -OCH3 is 1. The molecule has 1 aromatic carbocycles. The number of hydrogen-bond donors (Lipinski definition) is 2. The maximum absolute atomic E-state index is 5.81. The molecule has 0 radical (unpaired) electrons. The zero-order chi connectivity index (χ0) is 13.3. The molecule has 4 heteroatoms. The van der Waals surface area contributed by atoms with Gasteiger partial charge in [0.05, 0.1) is 7.11 Å². The Balaban J connectivity index is 1.86. The van der Waals surface area contributed by atoms with Crippen LogP contribution in [0.1, 0.15) is 12.8 Å². The summed E-state index contributed by atoms with van der Waals surface area (Å²) < 4.78 is 5.25. The van der Waals surface area contributed by atoms with Gasteiger partial charge < -0.3 is 15.8 Å². The number of benzene rings is 1. The Morgan fingerprint density at radius 3 is 2.89 bits per heavy atom. The van der Waals surface area contributed by atoms with Gasteiger partial charge in [0.15, 0.2) is 0 Å². The Hall–Kier alpha value is -1.81. The van der Waals surface area contributed by atoms with Crippen molar-refractivity contribution >= 4 is 16.6 Å². The molecule has 0 aliphatic heterocycles. The molecule has 1 aromatic heterocycles. The smallest absolute Gasteiger partial charge is 0.133 e. The molecule has 2 aromatic rings. The van der Waals surface area contributed by atoms with Gasteiger partial charge in [-0.1, -0.05) is 0 Å². The van der Waals surface area contributed by atoms with E-state index in [1.807, 2.05) is 30.5 Å². The van der Waals surface area contributed by atoms with Gasteiger partial charge in [0.2, 0.25) is 0 Å². The highest BCUT2D eigenvalue weighted by Gasteiger charge is 2.40. The molecule has 0 atom stereocenters. The topological polar surface area (TPSA) is 60.2 Å². The molecular weight excluding hydrogens is 238 g/mol. The fraction of sp³-hybridized carbons (Fsp3) is 0.400. The van der Waals surface area contributed by atoms with Crippen LogP contribution in [0.3, 0.4) is 0 Å². The van der Waals surface area contributed by atoms with Crippen LogP contribution in [0.5, 0.6) is 5.75 Å². The van der Waals surface area contributed by atoms with Crippen molar-refractivity contribution in [2.75, 3.05) is 25.5 Å². The molecule has 0 bridgehead atoms. The SMILES string of the molecule is COc1ccc2c(NCC3(CN)CC3)nccc2c1. The van der Waals surface area contributed by atoms with Crippen molar-refractivity contribution in [3.63, 3.8) is 0 Å². The maximum atomic E-state index is 5.81. The summed E-state index contributed by atoms with van der Waals surface area (Å²) in [4.78, 5) is 4.43. The van der Waals surface area contributed by atoms with Gasteiger partial charge in [-0.05, 0) is 54.5 Å². The summed E-state index contributed by atoms with van der Waals surface area (Å²) in [6, 6.07) is 8.04. The number of ether oxygens (including phenoxy) is 1. The van der Waals surface area contributed by atoms with E-state index in [-0.39, 0.29) is 0 Å². The van der Waals surface area contributed by atoms with Crippen molar-refractivity contribution in [1.82, 2.24) is 4.98 Å². The molecule has 19 heavy (non-hydrogen) atoms. The van der Waals surface area contributed by atoms with E-state index in [4.69, 9.17) is 10.5 Å². The lowest BCUT2D eigenvalue weighted by Gasteiger charge is -2.15. The lowest BCUT2D eigenvalue weighted by molar-refractivity contribution is 0.415. The van der Waals surface area contributed by atoms with E-state index in [0.29, 0.717) is 5.41 Å². The third kappa shape index (κ3) is 2.36. The van der Waals surface area contributed by atoms with Crippen molar-refractivity contribution in [2.45, 2.75) is 12.8 Å². The first-order valence-corrected chi connectivity index (χ1v) is 6.63. The second-order valence-electron chi connectivity index (χ2n) is 5.30. The van der Waals surface area contributed by atoms with Crippen molar-refractivity contribution in [3.05, 3.63) is 30.5 Å². The Morgan fingerprint density at radius 1 is 1.37 bits per heavy atom. The molecule has 1 aliphatic carbocycles. The van der Waals surface area contributed by atoms with E-state index in [1.54, 1.807) is 7.11 Å². The number of rotatable bonds is 5. The number of pyridine rings is 1. The quantitative estimate of drug-likeness (QED) is 0.863. The number of anilines is 1. The van der Waals surface area contributed by atoms with Crippen molar-refractivity contribution in [3.8, 4) is 5.75 Å². The van der Waals surface area contributed by atoms with E-state index in [1.165, 1.54) is 12.8 Å². The van der Waals surface area contributed by atoms with Crippen LogP contribution in [0, 0.1) is 5.41 Å². The van der Waals surface area contributed by atoms with Crippen molar-refractivity contribution in [2.24, 2.45) is 11.1 Å². The van der Waals surface area contributed by atoms with E-state index in [2.05, 4.69) is 10.3 Å². The largest absolute Gasteiger partial charge is 0.497 e. The van der Waals surface area contributed by atoms with E-state index < -0.39 is 0 Å². The van der Waals surface area contributed by atoms with Gasteiger partial charge in [-0.3, -0.25) is 0 Å². The van der Waals surface area contributed by atoms with Gasteiger partial charge in [-0.15, -0.1) is 0 Å². The highest BCUT2D eigenvalue weighted by Crippen LogP contribution is 2.44. The van der Waals surface area contributed by atoms with Crippen LogP contribution in [0.4, 0.5) is 5.82 Å². The molecule has 1 saturated carbocycles. The normalized spacial score (nSPS) is 16.3. The molecule has 1 aliphatic rings. The maximum Gasteiger partial charge on any atom is 0.133 e. The van der Waals surface area contributed by atoms with Crippen LogP contribution in [-0.2, 0) is 0 Å². The molecule has 0 saturated heterocycles. The minimum Gasteiger partial charge on any atom is -0.497 e. The highest BCUT2D eigenvalue weighted by molar-refractivity contribution is 5.92. The van der Waals surface area contributed by atoms with E-state index >= 15 is 0 Å². The summed E-state index contributed by atoms with van der Waals surface area (Å²) in [5.74, 6) is 1.80. The van der Waals surface area contributed by atoms with Crippen LogP contribution in [-0.4, -0.2) is 25.2 Å². The molecule has 4 nitrogen and oxygen atoms in total. The second kappa shape index (κ2) is 4.70. The second-order valence-corrected chi connectivity index (χ2v) is 5.30. The number of nitrogens with one attached hydrogen (secondary N) is 1. The van der Waals surface area contributed by atoms with Gasteiger partial charge in [0.25, 0.3) is 0 Å². The van der Waals surface area contributed by atoms with E-state index in [0.717, 1.165) is 35.4 Å². The fourth-order valence-corrected chi connectivity index (χ4v) is 2.32. The average Bonchev–Trinajstić information content (AvgIpc) is 3.25. The number of nitrogens with two attached hydrogens (primary N) is 1. The molecule has 0 amide bonds. The molecular formula is C15H19N3O. The minimum atomic E-state index is 0.302. The Kier molecular flexibility index (Phi) is 3.03. The van der Waals surface area contributed by atoms with Crippen LogP contribution in [0.15, 0.2) is 30.5 Å². The molecule has 0 unspecified atom stereocenters. The summed E-state index contributed by atoms with van der Waals surface area (Å²) in [6.45, 7) is 1.65. The molecule has 100 valence electrons. The highest BCUT2D eigenvalue weighted by atomic mass is 16.5. The molecule has 1 heterocycles. The zero-order valence-electron chi connectivity index (χ0n) is 11.1. The fourth-order valence-electron chi connectivity index (χ4n) is 2.32. The van der Waals surface area contributed by atoms with Gasteiger partial charge >= 0.3 is 0 Å². The first-order valence-electron chi connectivity index (χ1n) is 6.63.